The third-order valence-corrected chi connectivity index (χ3v) is 3.13. The number of hydrogen-bond donors (Lipinski definition) is 3. The zero-order valence-electron chi connectivity index (χ0n) is 9.42. The van der Waals surface area contributed by atoms with Gasteiger partial charge >= 0.3 is 0 Å². The predicted molar refractivity (Wildman–Crippen MR) is 59.1 cm³/mol. The van der Waals surface area contributed by atoms with Crippen molar-refractivity contribution in [3.05, 3.63) is 0 Å². The van der Waals surface area contributed by atoms with Crippen molar-refractivity contribution in [3.8, 4) is 0 Å². The van der Waals surface area contributed by atoms with Gasteiger partial charge in [0.15, 0.2) is 0 Å². The van der Waals surface area contributed by atoms with E-state index in [4.69, 9.17) is 10.8 Å². The average molecular weight is 200 g/mol. The van der Waals surface area contributed by atoms with Crippen molar-refractivity contribution in [3.63, 3.8) is 0 Å². The molecule has 0 amide bonds. The van der Waals surface area contributed by atoms with Crippen LogP contribution in [0.1, 0.15) is 39.5 Å². The highest BCUT2D eigenvalue weighted by Crippen LogP contribution is 2.21. The summed E-state index contributed by atoms with van der Waals surface area (Å²) in [5, 5.41) is 12.4. The Morgan fingerprint density at radius 3 is 2.64 bits per heavy atom. The number of aliphatic hydroxyl groups is 1. The van der Waals surface area contributed by atoms with Crippen LogP contribution in [0.15, 0.2) is 0 Å². The summed E-state index contributed by atoms with van der Waals surface area (Å²) in [5.41, 5.74) is 6.04. The lowest BCUT2D eigenvalue weighted by atomic mass is 9.89. The summed E-state index contributed by atoms with van der Waals surface area (Å²) in [6.07, 6.45) is 4.32. The Morgan fingerprint density at radius 2 is 2.14 bits per heavy atom. The van der Waals surface area contributed by atoms with Crippen molar-refractivity contribution in [1.29, 1.82) is 0 Å². The van der Waals surface area contributed by atoms with Gasteiger partial charge in [0.1, 0.15) is 0 Å². The van der Waals surface area contributed by atoms with Crippen molar-refractivity contribution < 1.29 is 5.11 Å². The van der Waals surface area contributed by atoms with Gasteiger partial charge in [0.2, 0.25) is 0 Å². The van der Waals surface area contributed by atoms with Crippen LogP contribution >= 0.6 is 0 Å². The van der Waals surface area contributed by atoms with Crippen molar-refractivity contribution in [2.45, 2.75) is 51.6 Å². The van der Waals surface area contributed by atoms with Gasteiger partial charge in [-0.1, -0.05) is 13.8 Å². The minimum Gasteiger partial charge on any atom is -0.396 e. The number of nitrogens with one attached hydrogen (secondary N) is 1. The van der Waals surface area contributed by atoms with E-state index in [-0.39, 0.29) is 12.0 Å². The Labute approximate surface area is 87.1 Å². The molecule has 0 aliphatic heterocycles. The molecule has 0 bridgehead atoms. The third kappa shape index (κ3) is 3.95. The fourth-order valence-electron chi connectivity index (χ4n) is 2.01. The lowest BCUT2D eigenvalue weighted by Crippen LogP contribution is -2.36. The molecule has 1 saturated carbocycles. The summed E-state index contributed by atoms with van der Waals surface area (Å²) in [5.74, 6) is 0. The van der Waals surface area contributed by atoms with Crippen LogP contribution in [0.3, 0.4) is 0 Å². The Balaban J connectivity index is 2.19. The highest BCUT2D eigenvalue weighted by Gasteiger charge is 2.24. The first-order chi connectivity index (χ1) is 6.53. The fourth-order valence-corrected chi connectivity index (χ4v) is 2.01. The molecular formula is C11H24N2O. The molecule has 0 aromatic heterocycles. The molecule has 2 atom stereocenters. The molecular weight excluding hydrogens is 176 g/mol. The minimum atomic E-state index is 0.196. The van der Waals surface area contributed by atoms with E-state index in [9.17, 15) is 0 Å². The standard InChI is InChI=1S/C11H24N2O/c1-11(2,5-6-14)8-13-10-4-3-9(12)7-10/h9-10,13-14H,3-8,12H2,1-2H3. The number of aliphatic hydroxyl groups excluding tert-OH is 1. The lowest BCUT2D eigenvalue weighted by Gasteiger charge is -2.26. The van der Waals surface area contributed by atoms with Crippen LogP contribution in [0.5, 0.6) is 0 Å². The molecule has 1 rings (SSSR count). The molecule has 0 saturated heterocycles. The SMILES string of the molecule is CC(C)(CCO)CNC1CCC(N)C1. The fraction of sp³-hybridized carbons (Fsp3) is 1.00. The third-order valence-electron chi connectivity index (χ3n) is 3.13. The molecule has 3 heteroatoms. The summed E-state index contributed by atoms with van der Waals surface area (Å²) < 4.78 is 0. The monoisotopic (exact) mass is 200 g/mol. The zero-order valence-corrected chi connectivity index (χ0v) is 9.42. The topological polar surface area (TPSA) is 58.3 Å². The molecule has 0 aromatic carbocycles. The van der Waals surface area contributed by atoms with Crippen LogP contribution in [0.2, 0.25) is 0 Å². The molecule has 1 aliphatic carbocycles. The molecule has 3 nitrogen and oxygen atoms in total. The van der Waals surface area contributed by atoms with Gasteiger partial charge in [0.05, 0.1) is 0 Å². The van der Waals surface area contributed by atoms with Gasteiger partial charge in [0, 0.05) is 25.2 Å². The highest BCUT2D eigenvalue weighted by atomic mass is 16.3. The van der Waals surface area contributed by atoms with E-state index in [2.05, 4.69) is 19.2 Å². The van der Waals surface area contributed by atoms with E-state index in [1.165, 1.54) is 6.42 Å². The Morgan fingerprint density at radius 1 is 1.43 bits per heavy atom. The lowest BCUT2D eigenvalue weighted by molar-refractivity contribution is 0.202. The van der Waals surface area contributed by atoms with E-state index in [1.807, 2.05) is 0 Å². The molecule has 0 heterocycles. The quantitative estimate of drug-likeness (QED) is 0.617. The molecule has 14 heavy (non-hydrogen) atoms. The molecule has 84 valence electrons. The maximum absolute atomic E-state index is 8.89. The van der Waals surface area contributed by atoms with E-state index in [0.29, 0.717) is 12.1 Å². The first-order valence-corrected chi connectivity index (χ1v) is 5.63. The second kappa shape index (κ2) is 5.10. The second-order valence-corrected chi connectivity index (χ2v) is 5.29. The molecule has 1 fully saturated rings. The first kappa shape index (κ1) is 12.0. The molecule has 4 N–H and O–H groups in total. The minimum absolute atomic E-state index is 0.196. The van der Waals surface area contributed by atoms with E-state index in [0.717, 1.165) is 25.8 Å². The largest absolute Gasteiger partial charge is 0.396 e. The molecule has 2 unspecified atom stereocenters. The number of rotatable bonds is 5. The van der Waals surface area contributed by atoms with E-state index in [1.54, 1.807) is 0 Å². The smallest absolute Gasteiger partial charge is 0.0436 e. The van der Waals surface area contributed by atoms with Gasteiger partial charge in [-0.25, -0.2) is 0 Å². The summed E-state index contributed by atoms with van der Waals surface area (Å²) >= 11 is 0. The number of nitrogens with two attached hydrogens (primary N) is 1. The van der Waals surface area contributed by atoms with E-state index >= 15 is 0 Å². The summed E-state index contributed by atoms with van der Waals surface area (Å²) in [6, 6.07) is 0.997. The maximum atomic E-state index is 8.89. The zero-order chi connectivity index (χ0) is 10.6. The predicted octanol–water partition coefficient (Wildman–Crippen LogP) is 0.864. The molecule has 1 aliphatic rings. The summed E-state index contributed by atoms with van der Waals surface area (Å²) in [7, 11) is 0. The van der Waals surface area contributed by atoms with Crippen LogP contribution in [0.4, 0.5) is 0 Å². The van der Waals surface area contributed by atoms with Crippen molar-refractivity contribution in [1.82, 2.24) is 5.32 Å². The molecule has 0 radical (unpaired) electrons. The van der Waals surface area contributed by atoms with Gasteiger partial charge in [-0.05, 0) is 31.1 Å². The van der Waals surface area contributed by atoms with Crippen LogP contribution < -0.4 is 11.1 Å². The first-order valence-electron chi connectivity index (χ1n) is 5.63. The normalized spacial score (nSPS) is 28.3. The van der Waals surface area contributed by atoms with E-state index < -0.39 is 0 Å². The average Bonchev–Trinajstić information content (AvgIpc) is 2.48. The van der Waals surface area contributed by atoms with Crippen molar-refractivity contribution >= 4 is 0 Å². The maximum Gasteiger partial charge on any atom is 0.0436 e. The molecule has 0 spiro atoms. The van der Waals surface area contributed by atoms with Gasteiger partial charge < -0.3 is 16.2 Å². The number of hydrogen-bond acceptors (Lipinski definition) is 3. The Hall–Kier alpha value is -0.120. The van der Waals surface area contributed by atoms with Crippen molar-refractivity contribution in [2.24, 2.45) is 11.1 Å². The van der Waals surface area contributed by atoms with Gasteiger partial charge in [-0.3, -0.25) is 0 Å². The summed E-state index contributed by atoms with van der Waals surface area (Å²) in [6.45, 7) is 5.63. The summed E-state index contributed by atoms with van der Waals surface area (Å²) in [4.78, 5) is 0. The van der Waals surface area contributed by atoms with Gasteiger partial charge in [0.25, 0.3) is 0 Å². The van der Waals surface area contributed by atoms with Crippen LogP contribution in [0.25, 0.3) is 0 Å². The van der Waals surface area contributed by atoms with Gasteiger partial charge in [-0.2, -0.15) is 0 Å². The molecule has 0 aromatic rings. The van der Waals surface area contributed by atoms with Crippen molar-refractivity contribution in [2.75, 3.05) is 13.2 Å². The van der Waals surface area contributed by atoms with Crippen LogP contribution in [0, 0.1) is 5.41 Å². The van der Waals surface area contributed by atoms with Crippen LogP contribution in [-0.4, -0.2) is 30.3 Å². The second-order valence-electron chi connectivity index (χ2n) is 5.29. The Kier molecular flexibility index (Phi) is 4.35. The van der Waals surface area contributed by atoms with Crippen LogP contribution in [-0.2, 0) is 0 Å². The Bertz CT molecular complexity index is 171. The highest BCUT2D eigenvalue weighted by molar-refractivity contribution is 4.84. The van der Waals surface area contributed by atoms with Gasteiger partial charge in [-0.15, -0.1) is 0 Å².